The molecule has 32 heavy (non-hydrogen) atoms. The van der Waals surface area contributed by atoms with Crippen LogP contribution < -0.4 is 19.5 Å². The molecular formula is C23H22N2O5S2. The fraction of sp³-hybridized carbons (Fsp3) is 0.174. The lowest BCUT2D eigenvalue weighted by atomic mass is 10.2. The molecule has 0 spiro atoms. The molecule has 0 bridgehead atoms. The molecule has 9 heteroatoms. The van der Waals surface area contributed by atoms with Gasteiger partial charge < -0.3 is 14.8 Å². The number of nitrogens with one attached hydrogen (secondary N) is 2. The van der Waals surface area contributed by atoms with E-state index in [1.807, 2.05) is 31.4 Å². The average molecular weight is 471 g/mol. The number of thioether (sulfide) groups is 1. The van der Waals surface area contributed by atoms with Crippen LogP contribution in [0.4, 0.5) is 11.4 Å². The minimum atomic E-state index is -3.77. The van der Waals surface area contributed by atoms with E-state index in [0.717, 1.165) is 10.5 Å². The summed E-state index contributed by atoms with van der Waals surface area (Å²) >= 11 is 1.48. The van der Waals surface area contributed by atoms with Crippen molar-refractivity contribution in [1.29, 1.82) is 0 Å². The van der Waals surface area contributed by atoms with E-state index < -0.39 is 10.0 Å². The van der Waals surface area contributed by atoms with Crippen molar-refractivity contribution in [3.8, 4) is 11.5 Å². The first-order valence-corrected chi connectivity index (χ1v) is 12.6. The van der Waals surface area contributed by atoms with Crippen molar-refractivity contribution in [3.63, 3.8) is 0 Å². The maximum Gasteiger partial charge on any atom is 0.261 e. The number of sulfonamides is 1. The highest BCUT2D eigenvalue weighted by Crippen LogP contribution is 2.39. The number of hydrogen-bond acceptors (Lipinski definition) is 6. The van der Waals surface area contributed by atoms with Crippen molar-refractivity contribution >= 4 is 39.1 Å². The molecule has 0 radical (unpaired) electrons. The number of fused-ring (bicyclic) bond motifs is 1. The van der Waals surface area contributed by atoms with Gasteiger partial charge in [-0.1, -0.05) is 18.2 Å². The first kappa shape index (κ1) is 22.0. The summed E-state index contributed by atoms with van der Waals surface area (Å²) in [6.07, 6.45) is 1.90. The largest absolute Gasteiger partial charge is 0.486 e. The van der Waals surface area contributed by atoms with Gasteiger partial charge in [0, 0.05) is 16.5 Å². The fourth-order valence-electron chi connectivity index (χ4n) is 3.21. The molecule has 4 rings (SSSR count). The molecule has 0 aliphatic carbocycles. The lowest BCUT2D eigenvalue weighted by Crippen LogP contribution is -2.17. The molecule has 1 aliphatic rings. The van der Waals surface area contributed by atoms with Crippen LogP contribution in [0, 0.1) is 6.92 Å². The van der Waals surface area contributed by atoms with Gasteiger partial charge in [-0.15, -0.1) is 11.8 Å². The van der Waals surface area contributed by atoms with Gasteiger partial charge in [0.1, 0.15) is 13.2 Å². The number of aryl methyl sites for hydroxylation is 1. The van der Waals surface area contributed by atoms with E-state index in [1.165, 1.54) is 36.0 Å². The Balaban J connectivity index is 1.52. The summed E-state index contributed by atoms with van der Waals surface area (Å²) in [4.78, 5) is 13.7. The van der Waals surface area contributed by atoms with Crippen molar-refractivity contribution < 1.29 is 22.7 Å². The fourth-order valence-corrected chi connectivity index (χ4v) is 4.89. The van der Waals surface area contributed by atoms with Crippen LogP contribution in [0.2, 0.25) is 0 Å². The first-order chi connectivity index (χ1) is 15.4. The van der Waals surface area contributed by atoms with Crippen molar-refractivity contribution in [2.24, 2.45) is 0 Å². The molecule has 1 heterocycles. The van der Waals surface area contributed by atoms with Crippen molar-refractivity contribution in [2.45, 2.75) is 16.7 Å². The smallest absolute Gasteiger partial charge is 0.261 e. The second-order valence-electron chi connectivity index (χ2n) is 7.10. The van der Waals surface area contributed by atoms with Gasteiger partial charge in [0.25, 0.3) is 15.9 Å². The predicted octanol–water partition coefficient (Wildman–Crippen LogP) is 4.54. The van der Waals surface area contributed by atoms with Crippen LogP contribution in [0.5, 0.6) is 11.5 Å². The van der Waals surface area contributed by atoms with Crippen molar-refractivity contribution in [1.82, 2.24) is 0 Å². The molecule has 3 aromatic rings. The summed E-state index contributed by atoms with van der Waals surface area (Å²) in [6.45, 7) is 2.76. The van der Waals surface area contributed by atoms with Crippen LogP contribution in [0.3, 0.4) is 0 Å². The zero-order valence-corrected chi connectivity index (χ0v) is 19.2. The Hall–Kier alpha value is -3.17. The van der Waals surface area contributed by atoms with Crippen LogP contribution in [0.15, 0.2) is 70.5 Å². The Morgan fingerprint density at radius 3 is 2.25 bits per heavy atom. The highest BCUT2D eigenvalue weighted by atomic mass is 32.2. The third-order valence-electron chi connectivity index (χ3n) is 4.93. The molecule has 7 nitrogen and oxygen atoms in total. The van der Waals surface area contributed by atoms with Crippen LogP contribution in [0.1, 0.15) is 15.9 Å². The second kappa shape index (κ2) is 9.13. The van der Waals surface area contributed by atoms with Crippen molar-refractivity contribution in [2.75, 3.05) is 29.5 Å². The molecule has 0 saturated heterocycles. The number of ether oxygens (including phenoxy) is 2. The molecular weight excluding hydrogens is 448 g/mol. The summed E-state index contributed by atoms with van der Waals surface area (Å²) in [7, 11) is -3.77. The lowest BCUT2D eigenvalue weighted by molar-refractivity contribution is 0.102. The molecule has 166 valence electrons. The van der Waals surface area contributed by atoms with Gasteiger partial charge in [0.05, 0.1) is 16.3 Å². The Morgan fingerprint density at radius 1 is 0.938 bits per heavy atom. The number of anilines is 2. The first-order valence-electron chi connectivity index (χ1n) is 9.85. The summed E-state index contributed by atoms with van der Waals surface area (Å²) in [5.74, 6) is 0.871. The van der Waals surface area contributed by atoms with Gasteiger partial charge in [0.15, 0.2) is 11.5 Å². The van der Waals surface area contributed by atoms with Gasteiger partial charge in [0.2, 0.25) is 0 Å². The second-order valence-corrected chi connectivity index (χ2v) is 9.63. The Bertz CT molecular complexity index is 1260. The molecule has 0 aromatic heterocycles. The number of amides is 1. The van der Waals surface area contributed by atoms with Crippen LogP contribution in [-0.4, -0.2) is 33.8 Å². The third kappa shape index (κ3) is 4.68. The van der Waals surface area contributed by atoms with E-state index >= 15 is 0 Å². The van der Waals surface area contributed by atoms with Gasteiger partial charge >= 0.3 is 0 Å². The number of rotatable bonds is 6. The number of hydrogen-bond donors (Lipinski definition) is 2. The topological polar surface area (TPSA) is 93.7 Å². The van der Waals surface area contributed by atoms with E-state index in [9.17, 15) is 13.2 Å². The molecule has 1 aliphatic heterocycles. The number of carbonyl (C=O) groups is 1. The maximum atomic E-state index is 12.8. The van der Waals surface area contributed by atoms with Crippen LogP contribution in [0.25, 0.3) is 0 Å². The van der Waals surface area contributed by atoms with E-state index in [-0.39, 0.29) is 10.8 Å². The molecule has 2 N–H and O–H groups in total. The quantitative estimate of drug-likeness (QED) is 0.514. The van der Waals surface area contributed by atoms with Crippen LogP contribution >= 0.6 is 11.8 Å². The Morgan fingerprint density at radius 2 is 1.59 bits per heavy atom. The van der Waals surface area contributed by atoms with E-state index in [2.05, 4.69) is 10.0 Å². The highest BCUT2D eigenvalue weighted by molar-refractivity contribution is 7.98. The molecule has 0 unspecified atom stereocenters. The zero-order chi connectivity index (χ0) is 22.7. The minimum Gasteiger partial charge on any atom is -0.486 e. The van der Waals surface area contributed by atoms with E-state index in [1.54, 1.807) is 18.2 Å². The van der Waals surface area contributed by atoms with Gasteiger partial charge in [-0.25, -0.2) is 8.42 Å². The average Bonchev–Trinajstić information content (AvgIpc) is 2.80. The highest BCUT2D eigenvalue weighted by Gasteiger charge is 2.19. The summed E-state index contributed by atoms with van der Waals surface area (Å²) in [6, 6.07) is 16.5. The van der Waals surface area contributed by atoms with E-state index in [0.29, 0.717) is 41.7 Å². The monoisotopic (exact) mass is 470 g/mol. The lowest BCUT2D eigenvalue weighted by Gasteiger charge is -2.21. The number of carbonyl (C=O) groups excluding carboxylic acids is 1. The summed E-state index contributed by atoms with van der Waals surface area (Å²) in [5, 5.41) is 2.87. The molecule has 1 amide bonds. The van der Waals surface area contributed by atoms with Gasteiger partial charge in [-0.3, -0.25) is 9.52 Å². The predicted molar refractivity (Wildman–Crippen MR) is 126 cm³/mol. The molecule has 3 aromatic carbocycles. The van der Waals surface area contributed by atoms with Crippen LogP contribution in [-0.2, 0) is 10.0 Å². The molecule has 0 saturated carbocycles. The normalized spacial score (nSPS) is 12.8. The summed E-state index contributed by atoms with van der Waals surface area (Å²) < 4.78 is 39.2. The minimum absolute atomic E-state index is 0.0708. The van der Waals surface area contributed by atoms with E-state index in [4.69, 9.17) is 9.47 Å². The number of benzene rings is 3. The third-order valence-corrected chi connectivity index (χ3v) is 7.09. The SMILES string of the molecule is CSc1cc2c(cc1NC(=O)c1ccc(S(=O)(=O)Nc3ccccc3C)cc1)OCCO2. The standard InChI is InChI=1S/C23H22N2O5S2/c1-15-5-3-4-6-18(15)25-32(27,28)17-9-7-16(8-10-17)23(26)24-19-13-20-21(14-22(19)31-2)30-12-11-29-20/h3-10,13-14,25H,11-12H2,1-2H3,(H,24,26). The maximum absolute atomic E-state index is 12.8. The summed E-state index contributed by atoms with van der Waals surface area (Å²) in [5.41, 5.74) is 2.26. The zero-order valence-electron chi connectivity index (χ0n) is 17.5. The van der Waals surface area contributed by atoms with Gasteiger partial charge in [-0.2, -0.15) is 0 Å². The number of para-hydroxylation sites is 1. The molecule has 0 atom stereocenters. The Kier molecular flexibility index (Phi) is 6.29. The van der Waals surface area contributed by atoms with Crippen molar-refractivity contribution in [3.05, 3.63) is 71.8 Å². The van der Waals surface area contributed by atoms with Gasteiger partial charge in [-0.05, 0) is 55.1 Å². The molecule has 0 fully saturated rings. The Labute approximate surface area is 191 Å².